The highest BCUT2D eigenvalue weighted by Crippen LogP contribution is 2.17. The molecule has 0 bridgehead atoms. The van der Waals surface area contributed by atoms with Gasteiger partial charge in [-0.15, -0.1) is 0 Å². The van der Waals surface area contributed by atoms with E-state index in [4.69, 9.17) is 0 Å². The quantitative estimate of drug-likeness (QED) is 0.844. The lowest BCUT2D eigenvalue weighted by molar-refractivity contribution is 0.0427. The molecule has 1 aromatic rings. The van der Waals surface area contributed by atoms with Crippen LogP contribution in [0.4, 0.5) is 0 Å². The Bertz CT molecular complexity index is 454. The number of hydrogen-bond acceptors (Lipinski definition) is 3. The summed E-state index contributed by atoms with van der Waals surface area (Å²) >= 11 is 0. The average Bonchev–Trinajstić information content (AvgIpc) is 2.48. The van der Waals surface area contributed by atoms with E-state index in [0.29, 0.717) is 6.04 Å². The van der Waals surface area contributed by atoms with E-state index in [9.17, 15) is 5.11 Å². The fourth-order valence-corrected chi connectivity index (χ4v) is 2.82. The number of hydrogen-bond donors (Lipinski definition) is 1. The number of rotatable bonds is 5. The summed E-state index contributed by atoms with van der Waals surface area (Å²) in [5.41, 5.74) is 2.39. The maximum Gasteiger partial charge on any atom is 0.0917 e. The van der Waals surface area contributed by atoms with Gasteiger partial charge < -0.3 is 5.11 Å². The largest absolute Gasteiger partial charge is 0.387 e. The minimum absolute atomic E-state index is 0.391. The second-order valence-electron chi connectivity index (χ2n) is 6.31. The van der Waals surface area contributed by atoms with Gasteiger partial charge in [-0.05, 0) is 26.3 Å². The molecule has 21 heavy (non-hydrogen) atoms. The monoisotopic (exact) mass is 288 g/mol. The zero-order valence-corrected chi connectivity index (χ0v) is 13.5. The van der Waals surface area contributed by atoms with Crippen molar-refractivity contribution in [2.75, 3.05) is 32.7 Å². The number of allylic oxidation sites excluding steroid dienone is 1. The normalized spacial score (nSPS) is 22.0. The maximum atomic E-state index is 10.4. The van der Waals surface area contributed by atoms with Crippen LogP contribution in [0.1, 0.15) is 32.4 Å². The highest BCUT2D eigenvalue weighted by Gasteiger charge is 2.25. The van der Waals surface area contributed by atoms with Crippen LogP contribution in [-0.4, -0.2) is 53.7 Å². The summed E-state index contributed by atoms with van der Waals surface area (Å²) in [6, 6.07) is 10.4. The van der Waals surface area contributed by atoms with Gasteiger partial charge in [-0.1, -0.05) is 42.0 Å². The van der Waals surface area contributed by atoms with E-state index >= 15 is 0 Å². The lowest BCUT2D eigenvalue weighted by Gasteiger charge is -2.40. The van der Waals surface area contributed by atoms with E-state index in [1.54, 1.807) is 0 Å². The maximum absolute atomic E-state index is 10.4. The third-order valence-corrected chi connectivity index (χ3v) is 4.20. The first kappa shape index (κ1) is 16.2. The van der Waals surface area contributed by atoms with Crippen LogP contribution in [0.3, 0.4) is 0 Å². The summed E-state index contributed by atoms with van der Waals surface area (Å²) in [5, 5.41) is 10.4. The average molecular weight is 288 g/mol. The number of benzene rings is 1. The number of nitrogens with zero attached hydrogens (tertiary/aromatic N) is 2. The molecule has 3 nitrogen and oxygen atoms in total. The van der Waals surface area contributed by atoms with Gasteiger partial charge in [0, 0.05) is 38.8 Å². The SMILES string of the molecule is CC(C)=CCN1CCN(CC(O)c2ccccc2)C(C)C1. The van der Waals surface area contributed by atoms with Gasteiger partial charge in [0.25, 0.3) is 0 Å². The molecule has 2 atom stereocenters. The van der Waals surface area contributed by atoms with E-state index in [1.165, 1.54) is 5.57 Å². The first-order valence-corrected chi connectivity index (χ1v) is 7.89. The Morgan fingerprint density at radius 2 is 2.00 bits per heavy atom. The zero-order valence-electron chi connectivity index (χ0n) is 13.5. The molecule has 0 aliphatic carbocycles. The van der Waals surface area contributed by atoms with Crippen molar-refractivity contribution >= 4 is 0 Å². The number of aliphatic hydroxyl groups excluding tert-OH is 1. The molecule has 0 aromatic heterocycles. The van der Waals surface area contributed by atoms with Crippen LogP contribution in [-0.2, 0) is 0 Å². The molecule has 0 amide bonds. The minimum atomic E-state index is -0.391. The van der Waals surface area contributed by atoms with Gasteiger partial charge in [0.2, 0.25) is 0 Å². The molecule has 1 saturated heterocycles. The van der Waals surface area contributed by atoms with Crippen LogP contribution in [0.2, 0.25) is 0 Å². The van der Waals surface area contributed by atoms with Crippen molar-refractivity contribution in [3.05, 3.63) is 47.5 Å². The topological polar surface area (TPSA) is 26.7 Å². The molecule has 2 rings (SSSR count). The standard InChI is InChI=1S/C18H28N2O/c1-15(2)9-10-19-11-12-20(16(3)13-19)14-18(21)17-7-5-4-6-8-17/h4-9,16,18,21H,10-14H2,1-3H3. The van der Waals surface area contributed by atoms with Gasteiger partial charge in [-0.25, -0.2) is 0 Å². The van der Waals surface area contributed by atoms with Crippen LogP contribution in [0, 0.1) is 0 Å². The van der Waals surface area contributed by atoms with Crippen molar-refractivity contribution in [1.82, 2.24) is 9.80 Å². The Morgan fingerprint density at radius 3 is 2.62 bits per heavy atom. The molecule has 0 radical (unpaired) electrons. The van der Waals surface area contributed by atoms with Crippen molar-refractivity contribution in [2.45, 2.75) is 32.9 Å². The van der Waals surface area contributed by atoms with Gasteiger partial charge in [0.15, 0.2) is 0 Å². The molecule has 1 N–H and O–H groups in total. The molecule has 1 aliphatic heterocycles. The minimum Gasteiger partial charge on any atom is -0.387 e. The third-order valence-electron chi connectivity index (χ3n) is 4.20. The van der Waals surface area contributed by atoms with Crippen LogP contribution >= 0.6 is 0 Å². The molecular formula is C18H28N2O. The van der Waals surface area contributed by atoms with Gasteiger partial charge in [0.05, 0.1) is 6.10 Å². The van der Waals surface area contributed by atoms with E-state index in [-0.39, 0.29) is 0 Å². The molecule has 1 fully saturated rings. The van der Waals surface area contributed by atoms with Crippen molar-refractivity contribution in [3.63, 3.8) is 0 Å². The Kier molecular flexibility index (Phi) is 5.97. The summed E-state index contributed by atoms with van der Waals surface area (Å²) in [4.78, 5) is 4.89. The van der Waals surface area contributed by atoms with Crippen LogP contribution in [0.15, 0.2) is 42.0 Å². The van der Waals surface area contributed by atoms with E-state index in [1.807, 2.05) is 30.3 Å². The van der Waals surface area contributed by atoms with Gasteiger partial charge in [-0.3, -0.25) is 9.80 Å². The Hall–Kier alpha value is -1.16. The summed E-state index contributed by atoms with van der Waals surface area (Å²) in [7, 11) is 0. The van der Waals surface area contributed by atoms with Gasteiger partial charge in [0.1, 0.15) is 0 Å². The second-order valence-corrected chi connectivity index (χ2v) is 6.31. The molecule has 0 saturated carbocycles. The molecule has 2 unspecified atom stereocenters. The van der Waals surface area contributed by atoms with Crippen LogP contribution in [0.25, 0.3) is 0 Å². The Balaban J connectivity index is 1.85. The van der Waals surface area contributed by atoms with Crippen molar-refractivity contribution in [2.24, 2.45) is 0 Å². The Morgan fingerprint density at radius 1 is 1.29 bits per heavy atom. The van der Waals surface area contributed by atoms with Crippen molar-refractivity contribution in [3.8, 4) is 0 Å². The predicted octanol–water partition coefficient (Wildman–Crippen LogP) is 2.69. The Labute approximate surface area is 128 Å². The molecule has 0 spiro atoms. The summed E-state index contributed by atoms with van der Waals surface area (Å²) in [5.74, 6) is 0. The third kappa shape index (κ3) is 4.95. The molecule has 116 valence electrons. The fraction of sp³-hybridized carbons (Fsp3) is 0.556. The van der Waals surface area contributed by atoms with Crippen molar-refractivity contribution in [1.29, 1.82) is 0 Å². The van der Waals surface area contributed by atoms with Crippen LogP contribution < -0.4 is 0 Å². The molecule has 1 aliphatic rings. The summed E-state index contributed by atoms with van der Waals surface area (Å²) < 4.78 is 0. The van der Waals surface area contributed by atoms with Gasteiger partial charge in [-0.2, -0.15) is 0 Å². The van der Waals surface area contributed by atoms with E-state index in [0.717, 1.165) is 38.3 Å². The molecule has 1 aromatic carbocycles. The number of β-amino-alcohol motifs (C(OH)–C–C–N with tert-alkyl or cyclic N) is 1. The summed E-state index contributed by atoms with van der Waals surface area (Å²) in [6.45, 7) is 11.5. The lowest BCUT2D eigenvalue weighted by Crippen LogP contribution is -2.52. The number of aliphatic hydroxyl groups is 1. The molecule has 3 heteroatoms. The first-order chi connectivity index (χ1) is 10.1. The summed E-state index contributed by atoms with van der Waals surface area (Å²) in [6.07, 6.45) is 1.90. The highest BCUT2D eigenvalue weighted by molar-refractivity contribution is 5.17. The van der Waals surface area contributed by atoms with E-state index in [2.05, 4.69) is 36.6 Å². The predicted molar refractivity (Wildman–Crippen MR) is 88.3 cm³/mol. The lowest BCUT2D eigenvalue weighted by atomic mass is 10.1. The highest BCUT2D eigenvalue weighted by atomic mass is 16.3. The van der Waals surface area contributed by atoms with Crippen LogP contribution in [0.5, 0.6) is 0 Å². The zero-order chi connectivity index (χ0) is 15.2. The fourth-order valence-electron chi connectivity index (χ4n) is 2.82. The molecule has 1 heterocycles. The first-order valence-electron chi connectivity index (χ1n) is 7.89. The number of piperazine rings is 1. The van der Waals surface area contributed by atoms with E-state index < -0.39 is 6.10 Å². The molecular weight excluding hydrogens is 260 g/mol. The van der Waals surface area contributed by atoms with Crippen molar-refractivity contribution < 1.29 is 5.11 Å². The second kappa shape index (κ2) is 7.74. The van der Waals surface area contributed by atoms with Gasteiger partial charge >= 0.3 is 0 Å². The smallest absolute Gasteiger partial charge is 0.0917 e.